The lowest BCUT2D eigenvalue weighted by molar-refractivity contribution is -0.384. The van der Waals surface area contributed by atoms with E-state index in [-0.39, 0.29) is 11.6 Å². The Morgan fingerprint density at radius 2 is 1.96 bits per heavy atom. The zero-order valence-electron chi connectivity index (χ0n) is 13.9. The lowest BCUT2D eigenvalue weighted by Gasteiger charge is -2.13. The van der Waals surface area contributed by atoms with Crippen LogP contribution in [0.5, 0.6) is 5.75 Å². The molecule has 2 aromatic rings. The summed E-state index contributed by atoms with van der Waals surface area (Å²) in [6.07, 6.45) is 1.66. The first-order chi connectivity index (χ1) is 12.8. The maximum absolute atomic E-state index is 12.7. The van der Waals surface area contributed by atoms with E-state index in [1.807, 2.05) is 0 Å². The summed E-state index contributed by atoms with van der Waals surface area (Å²) in [6, 6.07) is 12.4. The predicted octanol–water partition coefficient (Wildman–Crippen LogP) is 3.93. The minimum atomic E-state index is -0.526. The van der Waals surface area contributed by atoms with Crippen molar-refractivity contribution in [2.45, 2.75) is 6.92 Å². The maximum Gasteiger partial charge on any atom is 0.308 e. The van der Waals surface area contributed by atoms with Gasteiger partial charge in [0.15, 0.2) is 4.32 Å². The molecule has 0 N–H and O–H groups in total. The standard InChI is InChI=1S/C18H12N2O5S2/c1-11(21)25-15-7-5-12(6-8-15)9-16-17(22)19(18(26)27-16)13-3-2-4-14(10-13)20(23)24/h2-10H,1H3/b16-9-. The number of nitro groups is 1. The fourth-order valence-corrected chi connectivity index (χ4v) is 3.68. The van der Waals surface area contributed by atoms with E-state index in [1.165, 1.54) is 30.0 Å². The summed E-state index contributed by atoms with van der Waals surface area (Å²) >= 11 is 6.38. The van der Waals surface area contributed by atoms with Crippen LogP contribution in [-0.4, -0.2) is 21.1 Å². The Morgan fingerprint density at radius 1 is 1.26 bits per heavy atom. The Balaban J connectivity index is 1.85. The number of anilines is 1. The average molecular weight is 400 g/mol. The summed E-state index contributed by atoms with van der Waals surface area (Å²) in [6.45, 7) is 1.31. The number of hydrogen-bond donors (Lipinski definition) is 0. The first-order valence-electron chi connectivity index (χ1n) is 7.66. The van der Waals surface area contributed by atoms with Gasteiger partial charge in [-0.1, -0.05) is 42.2 Å². The SMILES string of the molecule is CC(=O)Oc1ccc(/C=C2\SC(=S)N(c3cccc([N+](=O)[O-])c3)C2=O)cc1. The first kappa shape index (κ1) is 18.7. The minimum Gasteiger partial charge on any atom is -0.427 e. The number of benzene rings is 2. The second-order valence-electron chi connectivity index (χ2n) is 5.46. The molecule has 0 unspecified atom stereocenters. The molecule has 1 amide bonds. The van der Waals surface area contributed by atoms with E-state index in [2.05, 4.69) is 0 Å². The van der Waals surface area contributed by atoms with Crippen LogP contribution in [0.2, 0.25) is 0 Å². The highest BCUT2D eigenvalue weighted by Gasteiger charge is 2.33. The molecular formula is C18H12N2O5S2. The highest BCUT2D eigenvalue weighted by Crippen LogP contribution is 2.37. The Hall–Kier alpha value is -3.04. The van der Waals surface area contributed by atoms with E-state index in [0.29, 0.717) is 20.7 Å². The van der Waals surface area contributed by atoms with Crippen LogP contribution >= 0.6 is 24.0 Å². The van der Waals surface area contributed by atoms with Crippen molar-refractivity contribution in [3.8, 4) is 5.75 Å². The van der Waals surface area contributed by atoms with E-state index < -0.39 is 10.9 Å². The number of esters is 1. The molecule has 0 spiro atoms. The Labute approximate surface area is 163 Å². The number of thiocarbonyl (C=S) groups is 1. The molecule has 0 radical (unpaired) electrons. The second kappa shape index (κ2) is 7.68. The van der Waals surface area contributed by atoms with Crippen molar-refractivity contribution in [3.63, 3.8) is 0 Å². The van der Waals surface area contributed by atoms with E-state index in [9.17, 15) is 19.7 Å². The number of non-ortho nitro benzene ring substituents is 1. The molecule has 0 aromatic heterocycles. The summed E-state index contributed by atoms with van der Waals surface area (Å²) in [5.74, 6) is -0.362. The van der Waals surface area contributed by atoms with Crippen molar-refractivity contribution in [2.75, 3.05) is 4.90 Å². The lowest BCUT2D eigenvalue weighted by atomic mass is 10.2. The van der Waals surface area contributed by atoms with Crippen LogP contribution < -0.4 is 9.64 Å². The molecule has 0 atom stereocenters. The molecule has 3 rings (SSSR count). The molecule has 1 aliphatic rings. The molecule has 2 aromatic carbocycles. The molecule has 9 heteroatoms. The summed E-state index contributed by atoms with van der Waals surface area (Å²) in [4.78, 5) is 35.8. The van der Waals surface area contributed by atoms with Crippen LogP contribution in [0, 0.1) is 10.1 Å². The maximum atomic E-state index is 12.7. The van der Waals surface area contributed by atoms with Gasteiger partial charge in [-0.2, -0.15) is 0 Å². The number of amides is 1. The number of thioether (sulfide) groups is 1. The van der Waals surface area contributed by atoms with Gasteiger partial charge in [0.05, 0.1) is 15.5 Å². The molecule has 7 nitrogen and oxygen atoms in total. The third-order valence-corrected chi connectivity index (χ3v) is 4.83. The lowest BCUT2D eigenvalue weighted by Crippen LogP contribution is -2.27. The highest BCUT2D eigenvalue weighted by atomic mass is 32.2. The van der Waals surface area contributed by atoms with Crippen LogP contribution in [0.25, 0.3) is 6.08 Å². The Morgan fingerprint density at radius 3 is 2.59 bits per heavy atom. The van der Waals surface area contributed by atoms with Gasteiger partial charge in [0.2, 0.25) is 0 Å². The molecule has 0 aliphatic carbocycles. The van der Waals surface area contributed by atoms with Crippen molar-refractivity contribution in [3.05, 3.63) is 69.1 Å². The molecule has 136 valence electrons. The van der Waals surface area contributed by atoms with Gasteiger partial charge in [-0.25, -0.2) is 0 Å². The van der Waals surface area contributed by atoms with Gasteiger partial charge < -0.3 is 4.74 Å². The second-order valence-corrected chi connectivity index (χ2v) is 7.13. The van der Waals surface area contributed by atoms with Gasteiger partial charge in [0.25, 0.3) is 11.6 Å². The quantitative estimate of drug-likeness (QED) is 0.192. The molecule has 1 heterocycles. The third-order valence-electron chi connectivity index (χ3n) is 3.53. The topological polar surface area (TPSA) is 89.8 Å². The van der Waals surface area contributed by atoms with E-state index >= 15 is 0 Å². The van der Waals surface area contributed by atoms with Crippen molar-refractivity contribution < 1.29 is 19.2 Å². The predicted molar refractivity (Wildman–Crippen MR) is 106 cm³/mol. The highest BCUT2D eigenvalue weighted by molar-refractivity contribution is 8.27. The summed E-state index contributed by atoms with van der Waals surface area (Å²) in [5, 5.41) is 11.0. The molecular weight excluding hydrogens is 388 g/mol. The monoisotopic (exact) mass is 400 g/mol. The first-order valence-corrected chi connectivity index (χ1v) is 8.88. The van der Waals surface area contributed by atoms with Crippen molar-refractivity contribution in [1.82, 2.24) is 0 Å². The Kier molecular flexibility index (Phi) is 5.33. The van der Waals surface area contributed by atoms with Crippen LogP contribution in [0.4, 0.5) is 11.4 Å². The van der Waals surface area contributed by atoms with Crippen LogP contribution in [0.15, 0.2) is 53.4 Å². The molecule has 1 fully saturated rings. The molecule has 27 heavy (non-hydrogen) atoms. The zero-order valence-corrected chi connectivity index (χ0v) is 15.6. The van der Waals surface area contributed by atoms with Gasteiger partial charge in [0, 0.05) is 19.1 Å². The van der Waals surface area contributed by atoms with Crippen LogP contribution in [0.1, 0.15) is 12.5 Å². The summed E-state index contributed by atoms with van der Waals surface area (Å²) in [7, 11) is 0. The molecule has 0 bridgehead atoms. The van der Waals surface area contributed by atoms with Gasteiger partial charge in [-0.15, -0.1) is 0 Å². The number of carbonyl (C=O) groups is 2. The van der Waals surface area contributed by atoms with Crippen LogP contribution in [-0.2, 0) is 9.59 Å². The number of ether oxygens (including phenoxy) is 1. The fourth-order valence-electron chi connectivity index (χ4n) is 2.39. The normalized spacial score (nSPS) is 15.3. The number of nitro benzene ring substituents is 1. The van der Waals surface area contributed by atoms with Gasteiger partial charge in [-0.05, 0) is 29.8 Å². The largest absolute Gasteiger partial charge is 0.427 e. The van der Waals surface area contributed by atoms with E-state index in [4.69, 9.17) is 17.0 Å². The fraction of sp³-hybridized carbons (Fsp3) is 0.0556. The van der Waals surface area contributed by atoms with Gasteiger partial charge in [0.1, 0.15) is 5.75 Å². The number of hydrogen-bond acceptors (Lipinski definition) is 7. The van der Waals surface area contributed by atoms with Gasteiger partial charge >= 0.3 is 5.97 Å². The minimum absolute atomic E-state index is 0.119. The zero-order chi connectivity index (χ0) is 19.6. The third kappa shape index (κ3) is 4.21. The average Bonchev–Trinajstić information content (AvgIpc) is 2.90. The summed E-state index contributed by atoms with van der Waals surface area (Å²) < 4.78 is 5.26. The molecule has 1 aliphatic heterocycles. The van der Waals surface area contributed by atoms with Crippen molar-refractivity contribution >= 4 is 57.6 Å². The summed E-state index contributed by atoms with van der Waals surface area (Å²) in [5.41, 5.74) is 0.956. The van der Waals surface area contributed by atoms with Gasteiger partial charge in [-0.3, -0.25) is 24.6 Å². The smallest absolute Gasteiger partial charge is 0.308 e. The van der Waals surface area contributed by atoms with E-state index in [0.717, 1.165) is 17.3 Å². The van der Waals surface area contributed by atoms with Crippen molar-refractivity contribution in [2.24, 2.45) is 0 Å². The van der Waals surface area contributed by atoms with E-state index in [1.54, 1.807) is 36.4 Å². The number of carbonyl (C=O) groups excluding carboxylic acids is 2. The molecule has 1 saturated heterocycles. The van der Waals surface area contributed by atoms with Crippen molar-refractivity contribution in [1.29, 1.82) is 0 Å². The molecule has 0 saturated carbocycles. The van der Waals surface area contributed by atoms with Crippen LogP contribution in [0.3, 0.4) is 0 Å². The Bertz CT molecular complexity index is 986. The number of nitrogens with zero attached hydrogens (tertiary/aromatic N) is 2. The number of rotatable bonds is 4.